The van der Waals surface area contributed by atoms with Gasteiger partial charge in [0.1, 0.15) is 19.1 Å². The van der Waals surface area contributed by atoms with Gasteiger partial charge in [0.2, 0.25) is 5.91 Å². The Morgan fingerprint density at radius 3 is 2.86 bits per heavy atom. The number of benzene rings is 1. The molecule has 112 valence electrons. The Bertz CT molecular complexity index is 537. The Kier molecular flexibility index (Phi) is 5.44. The maximum absolute atomic E-state index is 11.8. The maximum Gasteiger partial charge on any atom is 0.237 e. The van der Waals surface area contributed by atoms with Gasteiger partial charge < -0.3 is 14.8 Å². The molecule has 1 aliphatic rings. The van der Waals surface area contributed by atoms with Crippen LogP contribution < -0.4 is 14.8 Å². The van der Waals surface area contributed by atoms with Crippen molar-refractivity contribution < 1.29 is 14.3 Å². The lowest BCUT2D eigenvalue weighted by molar-refractivity contribution is -0.123. The molecule has 1 amide bonds. The smallest absolute Gasteiger partial charge is 0.237 e. The first kappa shape index (κ1) is 15.2. The standard InChI is InChI=1S/C16H20N2O3/c1-2-3-13(11-17)16(19)18-7-6-12-4-5-14-15(10-12)21-9-8-20-14/h4-5,10,13H,2-3,6-9H2,1H3,(H,18,19). The van der Waals surface area contributed by atoms with Crippen molar-refractivity contribution >= 4 is 5.91 Å². The van der Waals surface area contributed by atoms with Crippen LogP contribution in [0.15, 0.2) is 18.2 Å². The van der Waals surface area contributed by atoms with Crippen LogP contribution in [0.3, 0.4) is 0 Å². The molecule has 0 aliphatic carbocycles. The molecule has 2 rings (SSSR count). The predicted octanol–water partition coefficient (Wildman–Crippen LogP) is 2.06. The molecule has 5 heteroatoms. The van der Waals surface area contributed by atoms with Gasteiger partial charge in [0.05, 0.1) is 6.07 Å². The highest BCUT2D eigenvalue weighted by Crippen LogP contribution is 2.30. The van der Waals surface area contributed by atoms with Crippen molar-refractivity contribution in [1.82, 2.24) is 5.32 Å². The van der Waals surface area contributed by atoms with Crippen LogP contribution in [0.4, 0.5) is 0 Å². The number of rotatable bonds is 6. The minimum atomic E-state index is -0.546. The SMILES string of the molecule is CCCC(C#N)C(=O)NCCc1ccc2c(c1)OCCO2. The van der Waals surface area contributed by atoms with Crippen LogP contribution in [0.25, 0.3) is 0 Å². The van der Waals surface area contributed by atoms with Crippen LogP contribution in [-0.4, -0.2) is 25.7 Å². The van der Waals surface area contributed by atoms with Crippen LogP contribution >= 0.6 is 0 Å². The summed E-state index contributed by atoms with van der Waals surface area (Å²) in [7, 11) is 0. The highest BCUT2D eigenvalue weighted by Gasteiger charge is 2.16. The first-order valence-corrected chi connectivity index (χ1v) is 7.30. The molecule has 1 heterocycles. The Labute approximate surface area is 124 Å². The van der Waals surface area contributed by atoms with E-state index in [4.69, 9.17) is 14.7 Å². The predicted molar refractivity (Wildman–Crippen MR) is 78.2 cm³/mol. The number of hydrogen-bond donors (Lipinski definition) is 1. The zero-order valence-electron chi connectivity index (χ0n) is 12.2. The van der Waals surface area contributed by atoms with Crippen LogP contribution in [0, 0.1) is 17.2 Å². The summed E-state index contributed by atoms with van der Waals surface area (Å²) in [6.45, 7) is 3.62. The van der Waals surface area contributed by atoms with Crippen LogP contribution in [0.2, 0.25) is 0 Å². The van der Waals surface area contributed by atoms with Gasteiger partial charge in [0.15, 0.2) is 11.5 Å². The molecule has 0 aromatic heterocycles. The molecule has 1 atom stereocenters. The van der Waals surface area contributed by atoms with E-state index >= 15 is 0 Å². The van der Waals surface area contributed by atoms with E-state index < -0.39 is 5.92 Å². The Morgan fingerprint density at radius 2 is 2.14 bits per heavy atom. The minimum Gasteiger partial charge on any atom is -0.486 e. The van der Waals surface area contributed by atoms with E-state index in [1.807, 2.05) is 31.2 Å². The van der Waals surface area contributed by atoms with Crippen molar-refractivity contribution in [3.8, 4) is 17.6 Å². The summed E-state index contributed by atoms with van der Waals surface area (Å²) in [4.78, 5) is 11.8. The number of nitriles is 1. The largest absolute Gasteiger partial charge is 0.486 e. The summed E-state index contributed by atoms with van der Waals surface area (Å²) in [5.41, 5.74) is 1.07. The molecule has 0 saturated heterocycles. The molecule has 1 unspecified atom stereocenters. The average Bonchev–Trinajstić information content (AvgIpc) is 2.52. The van der Waals surface area contributed by atoms with E-state index in [0.29, 0.717) is 32.6 Å². The fourth-order valence-corrected chi connectivity index (χ4v) is 2.24. The number of nitrogens with one attached hydrogen (secondary N) is 1. The molecule has 1 aliphatic heterocycles. The summed E-state index contributed by atoms with van der Waals surface area (Å²) < 4.78 is 11.0. The Morgan fingerprint density at radius 1 is 1.38 bits per heavy atom. The molecular weight excluding hydrogens is 268 g/mol. The van der Waals surface area contributed by atoms with E-state index in [-0.39, 0.29) is 5.91 Å². The molecule has 5 nitrogen and oxygen atoms in total. The van der Waals surface area contributed by atoms with Gasteiger partial charge in [-0.05, 0) is 30.5 Å². The highest BCUT2D eigenvalue weighted by molar-refractivity contribution is 5.80. The lowest BCUT2D eigenvalue weighted by Crippen LogP contribution is -2.31. The van der Waals surface area contributed by atoms with Crippen LogP contribution in [0.5, 0.6) is 11.5 Å². The van der Waals surface area contributed by atoms with Gasteiger partial charge in [-0.2, -0.15) is 5.26 Å². The fraction of sp³-hybridized carbons (Fsp3) is 0.500. The van der Waals surface area contributed by atoms with Crippen LogP contribution in [-0.2, 0) is 11.2 Å². The van der Waals surface area contributed by atoms with E-state index in [1.54, 1.807) is 0 Å². The summed E-state index contributed by atoms with van der Waals surface area (Å²) in [6, 6.07) is 7.84. The summed E-state index contributed by atoms with van der Waals surface area (Å²) in [5, 5.41) is 11.7. The van der Waals surface area contributed by atoms with Crippen molar-refractivity contribution in [2.45, 2.75) is 26.2 Å². The van der Waals surface area contributed by atoms with Crippen LogP contribution in [0.1, 0.15) is 25.3 Å². The lowest BCUT2D eigenvalue weighted by Gasteiger charge is -2.19. The third-order valence-electron chi connectivity index (χ3n) is 3.37. The van der Waals surface area contributed by atoms with Gasteiger partial charge in [0, 0.05) is 6.54 Å². The average molecular weight is 288 g/mol. The zero-order chi connectivity index (χ0) is 15.1. The fourth-order valence-electron chi connectivity index (χ4n) is 2.24. The monoisotopic (exact) mass is 288 g/mol. The third-order valence-corrected chi connectivity index (χ3v) is 3.37. The molecule has 0 bridgehead atoms. The molecular formula is C16H20N2O3. The molecule has 1 aromatic carbocycles. The number of carbonyl (C=O) groups is 1. The van der Waals surface area contributed by atoms with Gasteiger partial charge in [-0.25, -0.2) is 0 Å². The number of hydrogen-bond acceptors (Lipinski definition) is 4. The summed E-state index contributed by atoms with van der Waals surface area (Å²) >= 11 is 0. The molecule has 0 fully saturated rings. The Balaban J connectivity index is 1.83. The van der Waals surface area contributed by atoms with Gasteiger partial charge in [-0.15, -0.1) is 0 Å². The summed E-state index contributed by atoms with van der Waals surface area (Å²) in [6.07, 6.45) is 2.13. The number of fused-ring (bicyclic) bond motifs is 1. The van der Waals surface area contributed by atoms with E-state index in [0.717, 1.165) is 23.5 Å². The maximum atomic E-state index is 11.8. The van der Waals surface area contributed by atoms with Crippen molar-refractivity contribution in [1.29, 1.82) is 5.26 Å². The van der Waals surface area contributed by atoms with Gasteiger partial charge in [-0.3, -0.25) is 4.79 Å². The number of ether oxygens (including phenoxy) is 2. The highest BCUT2D eigenvalue weighted by atomic mass is 16.6. The van der Waals surface area contributed by atoms with Crippen molar-refractivity contribution in [2.24, 2.45) is 5.92 Å². The van der Waals surface area contributed by atoms with E-state index in [9.17, 15) is 4.79 Å². The second-order valence-electron chi connectivity index (χ2n) is 4.99. The Hall–Kier alpha value is -2.22. The quantitative estimate of drug-likeness (QED) is 0.869. The number of carbonyl (C=O) groups excluding carboxylic acids is 1. The first-order valence-electron chi connectivity index (χ1n) is 7.30. The van der Waals surface area contributed by atoms with Gasteiger partial charge in [-0.1, -0.05) is 19.4 Å². The molecule has 1 N–H and O–H groups in total. The third kappa shape index (κ3) is 4.12. The van der Waals surface area contributed by atoms with Crippen molar-refractivity contribution in [2.75, 3.05) is 19.8 Å². The normalized spacial score (nSPS) is 14.1. The zero-order valence-corrected chi connectivity index (χ0v) is 12.2. The van der Waals surface area contributed by atoms with E-state index in [1.165, 1.54) is 0 Å². The molecule has 0 radical (unpaired) electrons. The topological polar surface area (TPSA) is 71.4 Å². The summed E-state index contributed by atoms with van der Waals surface area (Å²) in [5.74, 6) is 0.791. The first-order chi connectivity index (χ1) is 10.2. The van der Waals surface area contributed by atoms with Crippen molar-refractivity contribution in [3.63, 3.8) is 0 Å². The van der Waals surface area contributed by atoms with Crippen molar-refractivity contribution in [3.05, 3.63) is 23.8 Å². The number of nitrogens with zero attached hydrogens (tertiary/aromatic N) is 1. The minimum absolute atomic E-state index is 0.183. The second kappa shape index (κ2) is 7.53. The van der Waals surface area contributed by atoms with E-state index in [2.05, 4.69) is 5.32 Å². The molecule has 0 saturated carbocycles. The second-order valence-corrected chi connectivity index (χ2v) is 4.99. The molecule has 1 aromatic rings. The molecule has 0 spiro atoms. The molecule has 21 heavy (non-hydrogen) atoms. The van der Waals surface area contributed by atoms with Gasteiger partial charge in [0.25, 0.3) is 0 Å². The van der Waals surface area contributed by atoms with Gasteiger partial charge >= 0.3 is 0 Å². The lowest BCUT2D eigenvalue weighted by atomic mass is 10.0. The number of amides is 1.